The van der Waals surface area contributed by atoms with E-state index in [0.29, 0.717) is 37.6 Å². The molecule has 2 aliphatic rings. The minimum Gasteiger partial charge on any atom is -0.508 e. The van der Waals surface area contributed by atoms with Gasteiger partial charge in [0, 0.05) is 18.2 Å². The first-order valence-electron chi connectivity index (χ1n) is 12.9. The summed E-state index contributed by atoms with van der Waals surface area (Å²) in [7, 11) is 0. The van der Waals surface area contributed by atoms with E-state index in [1.165, 1.54) is 19.3 Å². The topological polar surface area (TPSA) is 82.0 Å². The molecule has 3 aromatic carbocycles. The van der Waals surface area contributed by atoms with Gasteiger partial charge >= 0.3 is 0 Å². The third kappa shape index (κ3) is 5.65. The van der Waals surface area contributed by atoms with Crippen LogP contribution in [0.25, 0.3) is 0 Å². The number of piperidine rings is 1. The van der Waals surface area contributed by atoms with E-state index in [0.717, 1.165) is 35.4 Å². The molecule has 0 saturated carbocycles. The molecular weight excluding hydrogens is 452 g/mol. The van der Waals surface area contributed by atoms with E-state index in [4.69, 9.17) is 4.74 Å². The Morgan fingerprint density at radius 2 is 1.75 bits per heavy atom. The lowest BCUT2D eigenvalue weighted by molar-refractivity contribution is 0.0660. The van der Waals surface area contributed by atoms with Gasteiger partial charge in [0.05, 0.1) is 12.6 Å². The van der Waals surface area contributed by atoms with Gasteiger partial charge in [0.25, 0.3) is 5.91 Å². The highest BCUT2D eigenvalue weighted by molar-refractivity contribution is 5.94. The fourth-order valence-electron chi connectivity index (χ4n) is 5.37. The van der Waals surface area contributed by atoms with Gasteiger partial charge in [0.1, 0.15) is 17.2 Å². The van der Waals surface area contributed by atoms with Crippen LogP contribution in [0.15, 0.2) is 66.7 Å². The fourth-order valence-corrected chi connectivity index (χ4v) is 5.37. The normalized spacial score (nSPS) is 19.5. The van der Waals surface area contributed by atoms with Gasteiger partial charge in [0.15, 0.2) is 0 Å². The summed E-state index contributed by atoms with van der Waals surface area (Å²) in [5.74, 6) is 1.19. The molecule has 5 rings (SSSR count). The van der Waals surface area contributed by atoms with Crippen LogP contribution >= 0.6 is 0 Å². The van der Waals surface area contributed by atoms with Crippen LogP contribution in [0.3, 0.4) is 0 Å². The van der Waals surface area contributed by atoms with Gasteiger partial charge in [-0.1, -0.05) is 24.6 Å². The molecule has 6 nitrogen and oxygen atoms in total. The molecule has 0 bridgehead atoms. The lowest BCUT2D eigenvalue weighted by Gasteiger charge is -2.38. The molecule has 2 atom stereocenters. The number of aromatic hydroxyl groups is 2. The van der Waals surface area contributed by atoms with Crippen LogP contribution in [0, 0.1) is 0 Å². The van der Waals surface area contributed by atoms with E-state index in [2.05, 4.69) is 17.4 Å². The molecule has 1 amide bonds. The van der Waals surface area contributed by atoms with Crippen LogP contribution in [0.4, 0.5) is 0 Å². The molecule has 2 heterocycles. The number of hydrogen-bond acceptors (Lipinski definition) is 5. The number of carbonyl (C=O) groups excluding carboxylic acids is 1. The first-order chi connectivity index (χ1) is 17.6. The van der Waals surface area contributed by atoms with Crippen LogP contribution in [-0.2, 0) is 12.8 Å². The second kappa shape index (κ2) is 11.0. The number of nitrogens with one attached hydrogen (secondary N) is 1. The second-order valence-electron chi connectivity index (χ2n) is 9.83. The van der Waals surface area contributed by atoms with Gasteiger partial charge in [0.2, 0.25) is 0 Å². The number of nitrogens with zero attached hydrogens (tertiary/aromatic N) is 1. The van der Waals surface area contributed by atoms with Crippen LogP contribution in [0.5, 0.6) is 17.2 Å². The zero-order valence-electron chi connectivity index (χ0n) is 20.5. The zero-order valence-corrected chi connectivity index (χ0v) is 20.5. The van der Waals surface area contributed by atoms with Crippen molar-refractivity contribution in [2.75, 3.05) is 19.7 Å². The molecular formula is C30H34N2O4. The summed E-state index contributed by atoms with van der Waals surface area (Å²) in [6.45, 7) is 2.37. The average Bonchev–Trinajstić information content (AvgIpc) is 2.90. The molecule has 6 heteroatoms. The van der Waals surface area contributed by atoms with Gasteiger partial charge in [-0.25, -0.2) is 0 Å². The fraction of sp³-hybridized carbons (Fsp3) is 0.367. The van der Waals surface area contributed by atoms with E-state index >= 15 is 0 Å². The monoisotopic (exact) mass is 486 g/mol. The van der Waals surface area contributed by atoms with E-state index in [1.54, 1.807) is 30.3 Å². The number of hydrogen-bond donors (Lipinski definition) is 3. The summed E-state index contributed by atoms with van der Waals surface area (Å²) < 4.78 is 6.00. The average molecular weight is 487 g/mol. The molecule has 2 unspecified atom stereocenters. The van der Waals surface area contributed by atoms with Gasteiger partial charge in [-0.3, -0.25) is 4.79 Å². The second-order valence-corrected chi connectivity index (χ2v) is 9.83. The predicted molar refractivity (Wildman–Crippen MR) is 140 cm³/mol. The maximum absolute atomic E-state index is 13.5. The van der Waals surface area contributed by atoms with Crippen molar-refractivity contribution in [3.8, 4) is 17.2 Å². The molecule has 0 radical (unpaired) electrons. The van der Waals surface area contributed by atoms with Crippen LogP contribution in [-0.4, -0.2) is 46.8 Å². The quantitative estimate of drug-likeness (QED) is 0.438. The molecule has 1 fully saturated rings. The Bertz CT molecular complexity index is 1170. The standard InChI is InChI=1S/C30H34N2O4/c33-25-8-6-22(7-9-25)30(35)32-17-14-23-20-26(34)10-13-28(23)29(32)19-21-4-11-27(12-5-21)36-18-15-24-3-1-2-16-31-24/h4-13,20,24,29,31,33-34H,1-3,14-19H2. The molecule has 1 saturated heterocycles. The maximum atomic E-state index is 13.5. The summed E-state index contributed by atoms with van der Waals surface area (Å²) in [5.41, 5.74) is 3.81. The Morgan fingerprint density at radius 1 is 0.972 bits per heavy atom. The summed E-state index contributed by atoms with van der Waals surface area (Å²) >= 11 is 0. The van der Waals surface area contributed by atoms with E-state index < -0.39 is 0 Å². The van der Waals surface area contributed by atoms with Crippen molar-refractivity contribution in [2.45, 2.75) is 50.6 Å². The van der Waals surface area contributed by atoms with E-state index in [1.807, 2.05) is 29.2 Å². The van der Waals surface area contributed by atoms with Gasteiger partial charge < -0.3 is 25.2 Å². The number of ether oxygens (including phenoxy) is 1. The Morgan fingerprint density at radius 3 is 2.50 bits per heavy atom. The Kier molecular flexibility index (Phi) is 7.42. The molecule has 3 aromatic rings. The van der Waals surface area contributed by atoms with Crippen molar-refractivity contribution in [1.82, 2.24) is 10.2 Å². The molecule has 0 aliphatic carbocycles. The lowest BCUT2D eigenvalue weighted by atomic mass is 9.88. The predicted octanol–water partition coefficient (Wildman–Crippen LogP) is 4.99. The number of phenols is 2. The number of fused-ring (bicyclic) bond motifs is 1. The van der Waals surface area contributed by atoms with Gasteiger partial charge in [-0.05, 0) is 104 Å². The molecule has 188 valence electrons. The summed E-state index contributed by atoms with van der Waals surface area (Å²) in [4.78, 5) is 15.4. The number of benzene rings is 3. The lowest BCUT2D eigenvalue weighted by Crippen LogP contribution is -2.41. The SMILES string of the molecule is O=C(c1ccc(O)cc1)N1CCc2cc(O)ccc2C1Cc1ccc(OCCC2CCCCN2)cc1. The van der Waals surface area contributed by atoms with Crippen LogP contribution < -0.4 is 10.1 Å². The largest absolute Gasteiger partial charge is 0.508 e. The van der Waals surface area contributed by atoms with E-state index in [9.17, 15) is 15.0 Å². The number of phenolic OH excluding ortho intramolecular Hbond substituents is 2. The maximum Gasteiger partial charge on any atom is 0.254 e. The van der Waals surface area contributed by atoms with Gasteiger partial charge in [-0.2, -0.15) is 0 Å². The Balaban J connectivity index is 1.30. The van der Waals surface area contributed by atoms with Crippen molar-refractivity contribution < 1.29 is 19.7 Å². The zero-order chi connectivity index (χ0) is 24.9. The molecule has 2 aliphatic heterocycles. The Hall–Kier alpha value is -3.51. The molecule has 0 spiro atoms. The first-order valence-corrected chi connectivity index (χ1v) is 12.9. The summed E-state index contributed by atoms with van der Waals surface area (Å²) in [5, 5.41) is 23.2. The van der Waals surface area contributed by atoms with Gasteiger partial charge in [-0.15, -0.1) is 0 Å². The number of carbonyl (C=O) groups is 1. The summed E-state index contributed by atoms with van der Waals surface area (Å²) in [6, 6.07) is 20.4. The third-order valence-electron chi connectivity index (χ3n) is 7.36. The first kappa shape index (κ1) is 24.2. The van der Waals surface area contributed by atoms with Crippen LogP contribution in [0.2, 0.25) is 0 Å². The highest BCUT2D eigenvalue weighted by atomic mass is 16.5. The molecule has 3 N–H and O–H groups in total. The third-order valence-corrected chi connectivity index (χ3v) is 7.36. The summed E-state index contributed by atoms with van der Waals surface area (Å²) in [6.07, 6.45) is 6.15. The molecule has 36 heavy (non-hydrogen) atoms. The highest BCUT2D eigenvalue weighted by Gasteiger charge is 2.31. The Labute approximate surface area is 212 Å². The van der Waals surface area contributed by atoms with Crippen molar-refractivity contribution in [3.05, 3.63) is 89.0 Å². The smallest absolute Gasteiger partial charge is 0.254 e. The minimum absolute atomic E-state index is 0.0602. The number of amides is 1. The van der Waals surface area contributed by atoms with E-state index in [-0.39, 0.29) is 23.4 Å². The van der Waals surface area contributed by atoms with Crippen molar-refractivity contribution in [2.24, 2.45) is 0 Å². The van der Waals surface area contributed by atoms with Crippen LogP contribution in [0.1, 0.15) is 58.8 Å². The van der Waals surface area contributed by atoms with Crippen molar-refractivity contribution in [3.63, 3.8) is 0 Å². The van der Waals surface area contributed by atoms with Crippen molar-refractivity contribution >= 4 is 5.91 Å². The van der Waals surface area contributed by atoms with Crippen molar-refractivity contribution in [1.29, 1.82) is 0 Å². The highest BCUT2D eigenvalue weighted by Crippen LogP contribution is 2.35. The number of rotatable bonds is 7. The minimum atomic E-state index is -0.153. The molecule has 0 aromatic heterocycles.